The summed E-state index contributed by atoms with van der Waals surface area (Å²) in [6, 6.07) is 6.39. The van der Waals surface area contributed by atoms with Gasteiger partial charge in [-0.05, 0) is 41.7 Å². The Morgan fingerprint density at radius 2 is 1.86 bits per heavy atom. The molecule has 0 fully saturated rings. The van der Waals surface area contributed by atoms with Crippen molar-refractivity contribution in [3.63, 3.8) is 0 Å². The molecule has 0 aliphatic carbocycles. The van der Waals surface area contributed by atoms with Crippen LogP contribution in [0.25, 0.3) is 0 Å². The highest BCUT2D eigenvalue weighted by molar-refractivity contribution is 7.17. The summed E-state index contributed by atoms with van der Waals surface area (Å²) >= 11 is 7.29. The number of benzene rings is 1. The summed E-state index contributed by atoms with van der Waals surface area (Å²) in [6.07, 6.45) is 0.751. The van der Waals surface area contributed by atoms with Crippen LogP contribution in [0.2, 0.25) is 5.02 Å². The van der Waals surface area contributed by atoms with Gasteiger partial charge in [-0.2, -0.15) is 0 Å². The number of nitrogens with two attached hydrogens (primary N) is 1. The fraction of sp³-hybridized carbons (Fsp3) is 0.400. The lowest BCUT2D eigenvalue weighted by Gasteiger charge is -2.32. The van der Waals surface area contributed by atoms with E-state index in [-0.39, 0.29) is 17.8 Å². The molecule has 0 spiro atoms. The molecular formula is C20H26Cl2N4O2S. The highest BCUT2D eigenvalue weighted by Gasteiger charge is 2.29. The minimum atomic E-state index is -0.511. The van der Waals surface area contributed by atoms with E-state index < -0.39 is 11.9 Å². The third-order valence-corrected chi connectivity index (χ3v) is 5.79. The molecule has 6 nitrogen and oxygen atoms in total. The van der Waals surface area contributed by atoms with Crippen LogP contribution in [0.3, 0.4) is 0 Å². The molecule has 1 aromatic heterocycles. The number of primary amides is 1. The number of halogens is 2. The van der Waals surface area contributed by atoms with Crippen LogP contribution in [0.4, 0.5) is 15.5 Å². The Balaban J connectivity index is 0.00000300. The number of nitrogens with one attached hydrogen (secondary N) is 2. The zero-order valence-electron chi connectivity index (χ0n) is 16.7. The summed E-state index contributed by atoms with van der Waals surface area (Å²) in [6.45, 7) is 9.23. The zero-order valence-corrected chi connectivity index (χ0v) is 19.1. The number of carbonyl (C=O) groups is 2. The molecule has 2 heterocycles. The Kier molecular flexibility index (Phi) is 7.56. The molecule has 3 rings (SSSR count). The van der Waals surface area contributed by atoms with Crippen LogP contribution in [0.5, 0.6) is 0 Å². The zero-order chi connectivity index (χ0) is 20.5. The predicted octanol–water partition coefficient (Wildman–Crippen LogP) is 4.97. The maximum Gasteiger partial charge on any atom is 0.324 e. The molecular weight excluding hydrogens is 431 g/mol. The Hall–Kier alpha value is -1.80. The molecule has 4 N–H and O–H groups in total. The van der Waals surface area contributed by atoms with Crippen molar-refractivity contribution in [2.45, 2.75) is 33.7 Å². The number of fused-ring (bicyclic) bond motifs is 1. The molecule has 1 aromatic carbocycles. The number of anilines is 2. The molecule has 1 aliphatic rings. The smallest absolute Gasteiger partial charge is 0.324 e. The van der Waals surface area contributed by atoms with E-state index in [1.807, 2.05) is 0 Å². The van der Waals surface area contributed by atoms with Crippen LogP contribution in [-0.4, -0.2) is 29.9 Å². The summed E-state index contributed by atoms with van der Waals surface area (Å²) in [4.78, 5) is 27.9. The fourth-order valence-electron chi connectivity index (χ4n) is 3.41. The number of urea groups is 1. The van der Waals surface area contributed by atoms with Crippen molar-refractivity contribution < 1.29 is 9.59 Å². The van der Waals surface area contributed by atoms with Crippen LogP contribution >= 0.6 is 35.3 Å². The van der Waals surface area contributed by atoms with Crippen LogP contribution in [0.15, 0.2) is 24.3 Å². The van der Waals surface area contributed by atoms with Gasteiger partial charge in [-0.1, -0.05) is 32.4 Å². The molecule has 0 bridgehead atoms. The van der Waals surface area contributed by atoms with Gasteiger partial charge in [0.2, 0.25) is 0 Å². The number of amides is 3. The van der Waals surface area contributed by atoms with Crippen LogP contribution in [0, 0.1) is 5.41 Å². The van der Waals surface area contributed by atoms with Crippen molar-refractivity contribution >= 4 is 58.0 Å². The van der Waals surface area contributed by atoms with Gasteiger partial charge in [0.15, 0.2) is 0 Å². The average Bonchev–Trinajstić information content (AvgIpc) is 2.92. The summed E-state index contributed by atoms with van der Waals surface area (Å²) < 4.78 is 0. The standard InChI is InChI=1S/C20H25ClN4O2S.ClH/c1-20(2,3)11-25-9-8-14-15(10-25)28-18(16(14)17(22)26)24-19(27)23-13-6-4-12(21)5-7-13;/h4-7H,8-11H2,1-3H3,(H2,22,26)(H2,23,24,27);1H. The maximum absolute atomic E-state index is 12.4. The topological polar surface area (TPSA) is 87.5 Å². The minimum Gasteiger partial charge on any atom is -0.365 e. The first kappa shape index (κ1) is 23.5. The van der Waals surface area contributed by atoms with Crippen molar-refractivity contribution in [1.29, 1.82) is 0 Å². The van der Waals surface area contributed by atoms with Crippen LogP contribution in [0.1, 0.15) is 41.6 Å². The Morgan fingerprint density at radius 3 is 2.45 bits per heavy atom. The summed E-state index contributed by atoms with van der Waals surface area (Å²) in [5.41, 5.74) is 7.83. The molecule has 0 atom stereocenters. The normalized spacial score (nSPS) is 13.9. The quantitative estimate of drug-likeness (QED) is 0.606. The lowest BCUT2D eigenvalue weighted by Crippen LogP contribution is -2.36. The molecule has 0 saturated carbocycles. The molecule has 29 heavy (non-hydrogen) atoms. The molecule has 9 heteroatoms. The van der Waals surface area contributed by atoms with E-state index in [1.165, 1.54) is 11.3 Å². The Morgan fingerprint density at radius 1 is 1.21 bits per heavy atom. The predicted molar refractivity (Wildman–Crippen MR) is 123 cm³/mol. The number of hydrogen-bond donors (Lipinski definition) is 3. The van der Waals surface area contributed by atoms with E-state index in [0.717, 1.165) is 36.5 Å². The number of thiophene rings is 1. The molecule has 0 radical (unpaired) electrons. The third kappa shape index (κ3) is 6.09. The lowest BCUT2D eigenvalue weighted by molar-refractivity contribution is 0.0999. The first-order chi connectivity index (χ1) is 13.1. The molecule has 158 valence electrons. The van der Waals surface area contributed by atoms with Crippen molar-refractivity contribution in [3.8, 4) is 0 Å². The van der Waals surface area contributed by atoms with Crippen LogP contribution in [-0.2, 0) is 13.0 Å². The van der Waals surface area contributed by atoms with Gasteiger partial charge in [-0.3, -0.25) is 15.0 Å². The summed E-state index contributed by atoms with van der Waals surface area (Å²) in [7, 11) is 0. The van der Waals surface area contributed by atoms with Gasteiger partial charge in [0.1, 0.15) is 5.00 Å². The second-order valence-electron chi connectivity index (χ2n) is 8.18. The van der Waals surface area contributed by atoms with Crippen molar-refractivity contribution in [1.82, 2.24) is 4.90 Å². The SMILES string of the molecule is CC(C)(C)CN1CCc2c(sc(NC(=O)Nc3ccc(Cl)cc3)c2C(N)=O)C1.Cl. The van der Waals surface area contributed by atoms with Gasteiger partial charge in [-0.25, -0.2) is 4.79 Å². The van der Waals surface area contributed by atoms with Crippen molar-refractivity contribution in [3.05, 3.63) is 45.3 Å². The maximum atomic E-state index is 12.4. The van der Waals surface area contributed by atoms with Crippen molar-refractivity contribution in [2.75, 3.05) is 23.7 Å². The lowest BCUT2D eigenvalue weighted by atomic mass is 9.94. The van der Waals surface area contributed by atoms with E-state index in [2.05, 4.69) is 36.3 Å². The fourth-order valence-corrected chi connectivity index (χ4v) is 4.83. The van der Waals surface area contributed by atoms with Gasteiger partial charge in [0.25, 0.3) is 5.91 Å². The first-order valence-electron chi connectivity index (χ1n) is 9.12. The number of hydrogen-bond acceptors (Lipinski definition) is 4. The Labute approximate surface area is 186 Å². The van der Waals surface area contributed by atoms with E-state index in [1.54, 1.807) is 24.3 Å². The molecule has 1 aliphatic heterocycles. The largest absolute Gasteiger partial charge is 0.365 e. The molecule has 0 unspecified atom stereocenters. The van der Waals surface area contributed by atoms with Gasteiger partial charge >= 0.3 is 6.03 Å². The number of carbonyl (C=O) groups excluding carboxylic acids is 2. The second-order valence-corrected chi connectivity index (χ2v) is 9.72. The minimum absolute atomic E-state index is 0. The van der Waals surface area contributed by atoms with E-state index in [9.17, 15) is 9.59 Å². The third-order valence-electron chi connectivity index (χ3n) is 4.41. The molecule has 0 saturated heterocycles. The molecule has 3 amide bonds. The number of nitrogens with zero attached hydrogens (tertiary/aromatic N) is 1. The highest BCUT2D eigenvalue weighted by atomic mass is 35.5. The second kappa shape index (κ2) is 9.34. The summed E-state index contributed by atoms with van der Waals surface area (Å²) in [5.74, 6) is -0.511. The van der Waals surface area contributed by atoms with Crippen molar-refractivity contribution in [2.24, 2.45) is 11.1 Å². The van der Waals surface area contributed by atoms with Gasteiger partial charge in [-0.15, -0.1) is 23.7 Å². The van der Waals surface area contributed by atoms with E-state index in [4.69, 9.17) is 17.3 Å². The number of rotatable bonds is 4. The average molecular weight is 457 g/mol. The van der Waals surface area contributed by atoms with E-state index in [0.29, 0.717) is 21.3 Å². The van der Waals surface area contributed by atoms with Gasteiger partial charge in [0, 0.05) is 35.2 Å². The van der Waals surface area contributed by atoms with Crippen LogP contribution < -0.4 is 16.4 Å². The Bertz CT molecular complexity index is 891. The van der Waals surface area contributed by atoms with Gasteiger partial charge in [0.05, 0.1) is 5.56 Å². The first-order valence-corrected chi connectivity index (χ1v) is 10.3. The summed E-state index contributed by atoms with van der Waals surface area (Å²) in [5, 5.41) is 6.62. The highest BCUT2D eigenvalue weighted by Crippen LogP contribution is 2.37. The van der Waals surface area contributed by atoms with E-state index >= 15 is 0 Å². The van der Waals surface area contributed by atoms with Gasteiger partial charge < -0.3 is 11.1 Å². The monoisotopic (exact) mass is 456 g/mol. The molecule has 2 aromatic rings.